The van der Waals surface area contributed by atoms with Crippen molar-refractivity contribution in [2.24, 2.45) is 12.0 Å². The molecule has 1 fully saturated rings. The highest BCUT2D eigenvalue weighted by molar-refractivity contribution is 9.10. The molecule has 0 spiro atoms. The van der Waals surface area contributed by atoms with Gasteiger partial charge in [-0.1, -0.05) is 34.1 Å². The van der Waals surface area contributed by atoms with E-state index < -0.39 is 0 Å². The Morgan fingerprint density at radius 3 is 2.70 bits per heavy atom. The molecule has 1 aromatic carbocycles. The maximum Gasteiger partial charge on any atom is 0.191 e. The lowest BCUT2D eigenvalue weighted by molar-refractivity contribution is 0.203. The third kappa shape index (κ3) is 4.87. The van der Waals surface area contributed by atoms with Crippen molar-refractivity contribution in [2.75, 3.05) is 26.8 Å². The molecule has 1 aliphatic carbocycles. The first kappa shape index (κ1) is 19.8. The molecule has 27 heavy (non-hydrogen) atoms. The second-order valence-electron chi connectivity index (χ2n) is 6.92. The van der Waals surface area contributed by atoms with Gasteiger partial charge in [0.1, 0.15) is 12.4 Å². The van der Waals surface area contributed by atoms with Crippen LogP contribution in [0.2, 0.25) is 0 Å². The van der Waals surface area contributed by atoms with E-state index in [4.69, 9.17) is 9.73 Å². The number of benzene rings is 1. The summed E-state index contributed by atoms with van der Waals surface area (Å²) in [5.41, 5.74) is 1.53. The second-order valence-corrected chi connectivity index (χ2v) is 7.77. The number of rotatable bonds is 8. The zero-order valence-corrected chi connectivity index (χ0v) is 17.7. The second kappa shape index (κ2) is 8.84. The van der Waals surface area contributed by atoms with Crippen LogP contribution in [-0.2, 0) is 23.7 Å². The monoisotopic (exact) mass is 434 g/mol. The molecule has 0 aliphatic heterocycles. The first-order valence-corrected chi connectivity index (χ1v) is 9.96. The molecule has 146 valence electrons. The van der Waals surface area contributed by atoms with Gasteiger partial charge in [0.2, 0.25) is 0 Å². The fourth-order valence-electron chi connectivity index (χ4n) is 3.02. The van der Waals surface area contributed by atoms with E-state index in [1.54, 1.807) is 7.11 Å². The summed E-state index contributed by atoms with van der Waals surface area (Å²) in [5, 5.41) is 15.1. The molecule has 7 nitrogen and oxygen atoms in total. The third-order valence-corrected chi connectivity index (χ3v) is 5.74. The van der Waals surface area contributed by atoms with E-state index in [1.165, 1.54) is 22.9 Å². The van der Waals surface area contributed by atoms with Gasteiger partial charge in [0.15, 0.2) is 11.8 Å². The molecule has 1 aliphatic rings. The van der Waals surface area contributed by atoms with Gasteiger partial charge in [0.25, 0.3) is 0 Å². The number of aryl methyl sites for hydroxylation is 1. The van der Waals surface area contributed by atoms with Crippen LogP contribution < -0.4 is 10.6 Å². The molecular formula is C19H27BrN6O. The maximum absolute atomic E-state index is 5.14. The van der Waals surface area contributed by atoms with Gasteiger partial charge in [-0.05, 0) is 31.4 Å². The molecule has 1 aromatic heterocycles. The Morgan fingerprint density at radius 1 is 1.30 bits per heavy atom. The van der Waals surface area contributed by atoms with Gasteiger partial charge in [-0.2, -0.15) is 0 Å². The zero-order valence-electron chi connectivity index (χ0n) is 16.1. The van der Waals surface area contributed by atoms with Crippen LogP contribution in [0, 0.1) is 6.92 Å². The number of aromatic nitrogens is 3. The Morgan fingerprint density at radius 2 is 2.07 bits per heavy atom. The summed E-state index contributed by atoms with van der Waals surface area (Å²) < 4.78 is 8.27. The minimum atomic E-state index is 0.172. The predicted molar refractivity (Wildman–Crippen MR) is 110 cm³/mol. The van der Waals surface area contributed by atoms with Crippen LogP contribution in [0.5, 0.6) is 0 Å². The number of aliphatic imine (C=N–C) groups is 1. The first-order valence-electron chi connectivity index (χ1n) is 9.17. The highest BCUT2D eigenvalue weighted by Crippen LogP contribution is 2.49. The van der Waals surface area contributed by atoms with E-state index in [2.05, 4.69) is 61.0 Å². The smallest absolute Gasteiger partial charge is 0.191 e. The summed E-state index contributed by atoms with van der Waals surface area (Å²) in [5.74, 6) is 2.49. The van der Waals surface area contributed by atoms with Crippen LogP contribution in [0.4, 0.5) is 0 Å². The van der Waals surface area contributed by atoms with Crippen LogP contribution >= 0.6 is 15.9 Å². The standard InChI is InChI=1S/C19H27BrN6O/c1-14-24-25-17(26(14)2)12-22-18(21-10-11-27-3)23-13-19(8-9-19)15-6-4-5-7-16(15)20/h4-7H,8-13H2,1-3H3,(H2,21,22,23). The lowest BCUT2D eigenvalue weighted by atomic mass is 9.96. The Bertz CT molecular complexity index is 799. The molecule has 0 amide bonds. The fraction of sp³-hybridized carbons (Fsp3) is 0.526. The summed E-state index contributed by atoms with van der Waals surface area (Å²) in [6, 6.07) is 8.47. The lowest BCUT2D eigenvalue weighted by Gasteiger charge is -2.20. The number of guanidine groups is 1. The van der Waals surface area contributed by atoms with Gasteiger partial charge in [-0.15, -0.1) is 10.2 Å². The molecule has 1 heterocycles. The van der Waals surface area contributed by atoms with E-state index >= 15 is 0 Å². The zero-order chi connectivity index (χ0) is 19.3. The van der Waals surface area contributed by atoms with E-state index in [9.17, 15) is 0 Å². The number of hydrogen-bond donors (Lipinski definition) is 2. The van der Waals surface area contributed by atoms with Crippen molar-refractivity contribution >= 4 is 21.9 Å². The van der Waals surface area contributed by atoms with Gasteiger partial charge in [-0.25, -0.2) is 4.99 Å². The Balaban J connectivity index is 1.67. The average molecular weight is 435 g/mol. The third-order valence-electron chi connectivity index (χ3n) is 5.05. The normalized spacial score (nSPS) is 15.6. The molecule has 1 saturated carbocycles. The maximum atomic E-state index is 5.14. The Labute approximate surface area is 168 Å². The molecule has 3 rings (SSSR count). The van der Waals surface area contributed by atoms with E-state index in [-0.39, 0.29) is 5.41 Å². The van der Waals surface area contributed by atoms with Gasteiger partial charge in [-0.3, -0.25) is 0 Å². The highest BCUT2D eigenvalue weighted by Gasteiger charge is 2.45. The van der Waals surface area contributed by atoms with Gasteiger partial charge in [0, 0.05) is 37.1 Å². The van der Waals surface area contributed by atoms with E-state index in [1.807, 2.05) is 18.5 Å². The highest BCUT2D eigenvalue weighted by atomic mass is 79.9. The summed E-state index contributed by atoms with van der Waals surface area (Å²) in [6.45, 7) is 4.57. The van der Waals surface area contributed by atoms with Crippen LogP contribution in [0.15, 0.2) is 33.7 Å². The van der Waals surface area contributed by atoms with Crippen molar-refractivity contribution in [3.8, 4) is 0 Å². The average Bonchev–Trinajstić information content (AvgIpc) is 3.39. The number of nitrogens with zero attached hydrogens (tertiary/aromatic N) is 4. The fourth-order valence-corrected chi connectivity index (χ4v) is 3.73. The molecule has 2 aromatic rings. The number of nitrogens with one attached hydrogen (secondary N) is 2. The van der Waals surface area contributed by atoms with Gasteiger partial charge >= 0.3 is 0 Å². The van der Waals surface area contributed by atoms with Gasteiger partial charge < -0.3 is 19.9 Å². The summed E-state index contributed by atoms with van der Waals surface area (Å²) in [7, 11) is 3.65. The molecule has 0 unspecified atom stereocenters. The molecule has 0 radical (unpaired) electrons. The van der Waals surface area contributed by atoms with Crippen molar-refractivity contribution in [2.45, 2.75) is 31.7 Å². The van der Waals surface area contributed by atoms with Crippen LogP contribution in [0.3, 0.4) is 0 Å². The van der Waals surface area contributed by atoms with E-state index in [0.717, 1.165) is 24.2 Å². The largest absolute Gasteiger partial charge is 0.383 e. The summed E-state index contributed by atoms with van der Waals surface area (Å²) in [6.07, 6.45) is 2.35. The minimum Gasteiger partial charge on any atom is -0.383 e. The van der Waals surface area contributed by atoms with Crippen molar-refractivity contribution in [3.63, 3.8) is 0 Å². The predicted octanol–water partition coefficient (Wildman–Crippen LogP) is 2.30. The van der Waals surface area contributed by atoms with Crippen molar-refractivity contribution in [1.82, 2.24) is 25.4 Å². The number of hydrogen-bond acceptors (Lipinski definition) is 4. The summed E-state index contributed by atoms with van der Waals surface area (Å²) >= 11 is 3.69. The van der Waals surface area contributed by atoms with Crippen LogP contribution in [0.1, 0.15) is 30.1 Å². The first-order chi connectivity index (χ1) is 13.1. The van der Waals surface area contributed by atoms with Gasteiger partial charge in [0.05, 0.1) is 6.61 Å². The molecule has 8 heteroatoms. The van der Waals surface area contributed by atoms with Crippen LogP contribution in [-0.4, -0.2) is 47.5 Å². The molecule has 0 saturated heterocycles. The quantitative estimate of drug-likeness (QED) is 0.378. The lowest BCUT2D eigenvalue weighted by Crippen LogP contribution is -2.42. The minimum absolute atomic E-state index is 0.172. The molecule has 0 atom stereocenters. The number of methoxy groups -OCH3 is 1. The summed E-state index contributed by atoms with van der Waals surface area (Å²) in [4.78, 5) is 4.69. The van der Waals surface area contributed by atoms with Crippen molar-refractivity contribution < 1.29 is 4.74 Å². The van der Waals surface area contributed by atoms with Crippen LogP contribution in [0.25, 0.3) is 0 Å². The number of ether oxygens (including phenoxy) is 1. The molecule has 2 N–H and O–H groups in total. The molecular weight excluding hydrogens is 408 g/mol. The topological polar surface area (TPSA) is 76.4 Å². The SMILES string of the molecule is COCCNC(=NCc1nnc(C)n1C)NCC1(c2ccccc2Br)CC1. The van der Waals surface area contributed by atoms with E-state index in [0.29, 0.717) is 19.7 Å². The van der Waals surface area contributed by atoms with Crippen molar-refractivity contribution in [3.05, 3.63) is 46.0 Å². The number of halogens is 1. The van der Waals surface area contributed by atoms with Crippen molar-refractivity contribution in [1.29, 1.82) is 0 Å². The molecule has 0 bridgehead atoms. The Hall–Kier alpha value is -1.93. The Kier molecular flexibility index (Phi) is 6.49.